The molecule has 0 saturated carbocycles. The standard InChI is InChI=1S/C13H26N4/c1-6-12(11(5)14-7-2)8-13-15-9-16-17(13)10(3)4/h9-12,14H,6-8H2,1-5H3. The molecule has 1 rings (SSSR count). The molecule has 2 atom stereocenters. The first-order valence-corrected chi connectivity index (χ1v) is 6.71. The minimum Gasteiger partial charge on any atom is -0.314 e. The van der Waals surface area contributed by atoms with Crippen LogP contribution in [-0.4, -0.2) is 27.4 Å². The third kappa shape index (κ3) is 3.80. The molecule has 0 aliphatic rings. The average molecular weight is 238 g/mol. The first-order valence-electron chi connectivity index (χ1n) is 6.71. The van der Waals surface area contributed by atoms with E-state index in [2.05, 4.69) is 50.0 Å². The highest BCUT2D eigenvalue weighted by atomic mass is 15.3. The molecule has 0 spiro atoms. The molecule has 1 aromatic heterocycles. The Labute approximate surface area is 105 Å². The summed E-state index contributed by atoms with van der Waals surface area (Å²) in [6, 6.07) is 0.918. The van der Waals surface area contributed by atoms with Gasteiger partial charge in [-0.2, -0.15) is 5.10 Å². The van der Waals surface area contributed by atoms with E-state index in [1.54, 1.807) is 6.33 Å². The molecule has 0 saturated heterocycles. The van der Waals surface area contributed by atoms with Crippen LogP contribution in [0.15, 0.2) is 6.33 Å². The first-order chi connectivity index (χ1) is 8.10. The quantitative estimate of drug-likeness (QED) is 0.793. The molecule has 17 heavy (non-hydrogen) atoms. The van der Waals surface area contributed by atoms with Crippen LogP contribution in [0, 0.1) is 5.92 Å². The van der Waals surface area contributed by atoms with Gasteiger partial charge in [0.2, 0.25) is 0 Å². The summed E-state index contributed by atoms with van der Waals surface area (Å²) in [4.78, 5) is 4.39. The molecule has 0 aliphatic heterocycles. The lowest BCUT2D eigenvalue weighted by molar-refractivity contribution is 0.351. The highest BCUT2D eigenvalue weighted by Gasteiger charge is 2.18. The van der Waals surface area contributed by atoms with Gasteiger partial charge in [0.15, 0.2) is 0 Å². The maximum atomic E-state index is 4.39. The van der Waals surface area contributed by atoms with E-state index >= 15 is 0 Å². The minimum atomic E-state index is 0.388. The van der Waals surface area contributed by atoms with Crippen molar-refractivity contribution in [2.24, 2.45) is 5.92 Å². The fourth-order valence-electron chi connectivity index (χ4n) is 2.25. The van der Waals surface area contributed by atoms with Crippen molar-refractivity contribution in [1.82, 2.24) is 20.1 Å². The van der Waals surface area contributed by atoms with Crippen molar-refractivity contribution in [1.29, 1.82) is 0 Å². The van der Waals surface area contributed by atoms with Gasteiger partial charge in [0.1, 0.15) is 12.2 Å². The van der Waals surface area contributed by atoms with Crippen molar-refractivity contribution in [2.75, 3.05) is 6.54 Å². The molecule has 0 radical (unpaired) electrons. The van der Waals surface area contributed by atoms with E-state index in [-0.39, 0.29) is 0 Å². The fraction of sp³-hybridized carbons (Fsp3) is 0.846. The van der Waals surface area contributed by atoms with Gasteiger partial charge >= 0.3 is 0 Å². The molecule has 0 fully saturated rings. The zero-order valence-electron chi connectivity index (χ0n) is 11.8. The number of hydrogen-bond donors (Lipinski definition) is 1. The number of aromatic nitrogens is 3. The van der Waals surface area contributed by atoms with Crippen molar-refractivity contribution in [3.8, 4) is 0 Å². The van der Waals surface area contributed by atoms with Gasteiger partial charge in [-0.1, -0.05) is 20.3 Å². The fourth-order valence-corrected chi connectivity index (χ4v) is 2.25. The second-order valence-electron chi connectivity index (χ2n) is 4.93. The van der Waals surface area contributed by atoms with E-state index in [9.17, 15) is 0 Å². The van der Waals surface area contributed by atoms with E-state index in [1.807, 2.05) is 4.68 Å². The largest absolute Gasteiger partial charge is 0.314 e. The Bertz CT molecular complexity index is 319. The number of rotatable bonds is 7. The molecule has 0 aromatic carbocycles. The number of hydrogen-bond acceptors (Lipinski definition) is 3. The van der Waals surface area contributed by atoms with Crippen LogP contribution in [-0.2, 0) is 6.42 Å². The summed E-state index contributed by atoms with van der Waals surface area (Å²) in [5.41, 5.74) is 0. The Morgan fingerprint density at radius 2 is 2.00 bits per heavy atom. The minimum absolute atomic E-state index is 0.388. The van der Waals surface area contributed by atoms with E-state index in [0.29, 0.717) is 18.0 Å². The molecule has 0 amide bonds. The zero-order valence-corrected chi connectivity index (χ0v) is 11.8. The van der Waals surface area contributed by atoms with Crippen LogP contribution < -0.4 is 5.32 Å². The zero-order chi connectivity index (χ0) is 12.8. The molecule has 4 nitrogen and oxygen atoms in total. The highest BCUT2D eigenvalue weighted by molar-refractivity contribution is 4.91. The average Bonchev–Trinajstić information content (AvgIpc) is 2.74. The monoisotopic (exact) mass is 238 g/mol. The maximum Gasteiger partial charge on any atom is 0.138 e. The Morgan fingerprint density at radius 1 is 1.29 bits per heavy atom. The van der Waals surface area contributed by atoms with Crippen LogP contribution in [0.5, 0.6) is 0 Å². The van der Waals surface area contributed by atoms with Crippen LogP contribution >= 0.6 is 0 Å². The van der Waals surface area contributed by atoms with Crippen molar-refractivity contribution in [2.45, 2.75) is 59.5 Å². The van der Waals surface area contributed by atoms with Crippen LogP contribution in [0.3, 0.4) is 0 Å². The van der Waals surface area contributed by atoms with E-state index < -0.39 is 0 Å². The summed E-state index contributed by atoms with van der Waals surface area (Å²) in [5.74, 6) is 1.73. The molecule has 1 N–H and O–H groups in total. The Morgan fingerprint density at radius 3 is 2.53 bits per heavy atom. The van der Waals surface area contributed by atoms with Gasteiger partial charge in [-0.25, -0.2) is 9.67 Å². The third-order valence-electron chi connectivity index (χ3n) is 3.34. The first kappa shape index (κ1) is 14.2. The summed E-state index contributed by atoms with van der Waals surface area (Å²) in [7, 11) is 0. The van der Waals surface area contributed by atoms with E-state index in [0.717, 1.165) is 18.8 Å². The van der Waals surface area contributed by atoms with Gasteiger partial charge in [-0.3, -0.25) is 0 Å². The van der Waals surface area contributed by atoms with Gasteiger partial charge in [0.05, 0.1) is 0 Å². The second-order valence-corrected chi connectivity index (χ2v) is 4.93. The molecule has 1 heterocycles. The summed E-state index contributed by atoms with van der Waals surface area (Å²) >= 11 is 0. The maximum absolute atomic E-state index is 4.39. The van der Waals surface area contributed by atoms with Crippen LogP contribution in [0.2, 0.25) is 0 Å². The smallest absolute Gasteiger partial charge is 0.138 e. The predicted octanol–water partition coefficient (Wildman–Crippen LogP) is 2.43. The van der Waals surface area contributed by atoms with Gasteiger partial charge in [0, 0.05) is 18.5 Å². The summed E-state index contributed by atoms with van der Waals surface area (Å²) in [6.45, 7) is 12.0. The summed E-state index contributed by atoms with van der Waals surface area (Å²) in [6.07, 6.45) is 3.84. The van der Waals surface area contributed by atoms with Crippen molar-refractivity contribution in [3.05, 3.63) is 12.2 Å². The SMILES string of the molecule is CCNC(C)C(CC)Cc1ncnn1C(C)C. The molecule has 1 aromatic rings. The second kappa shape index (κ2) is 6.74. The van der Waals surface area contributed by atoms with Crippen LogP contribution in [0.25, 0.3) is 0 Å². The Kier molecular flexibility index (Phi) is 5.62. The van der Waals surface area contributed by atoms with Gasteiger partial charge < -0.3 is 5.32 Å². The molecular formula is C13H26N4. The van der Waals surface area contributed by atoms with E-state index in [1.165, 1.54) is 6.42 Å². The van der Waals surface area contributed by atoms with Crippen LogP contribution in [0.4, 0.5) is 0 Å². The molecule has 0 aliphatic carbocycles. The molecule has 98 valence electrons. The molecule has 0 bridgehead atoms. The van der Waals surface area contributed by atoms with Gasteiger partial charge in [-0.15, -0.1) is 0 Å². The lowest BCUT2D eigenvalue weighted by Crippen LogP contribution is -2.34. The predicted molar refractivity (Wildman–Crippen MR) is 71.0 cm³/mol. The number of nitrogens with zero attached hydrogens (tertiary/aromatic N) is 3. The summed E-state index contributed by atoms with van der Waals surface area (Å²) < 4.78 is 2.03. The van der Waals surface area contributed by atoms with Crippen LogP contribution in [0.1, 0.15) is 52.9 Å². The third-order valence-corrected chi connectivity index (χ3v) is 3.34. The van der Waals surface area contributed by atoms with Crippen molar-refractivity contribution in [3.63, 3.8) is 0 Å². The number of nitrogens with one attached hydrogen (secondary N) is 1. The Hall–Kier alpha value is -0.900. The normalized spacial score (nSPS) is 15.2. The van der Waals surface area contributed by atoms with Gasteiger partial charge in [-0.05, 0) is 33.2 Å². The summed E-state index contributed by atoms with van der Waals surface area (Å²) in [5, 5.41) is 7.79. The highest BCUT2D eigenvalue weighted by Crippen LogP contribution is 2.16. The Balaban J connectivity index is 2.70. The van der Waals surface area contributed by atoms with E-state index in [4.69, 9.17) is 0 Å². The van der Waals surface area contributed by atoms with Gasteiger partial charge in [0.25, 0.3) is 0 Å². The lowest BCUT2D eigenvalue weighted by atomic mass is 9.94. The molecule has 2 unspecified atom stereocenters. The lowest BCUT2D eigenvalue weighted by Gasteiger charge is -2.23. The molecular weight excluding hydrogens is 212 g/mol. The van der Waals surface area contributed by atoms with Crippen molar-refractivity contribution >= 4 is 0 Å². The molecule has 4 heteroatoms. The van der Waals surface area contributed by atoms with Crippen molar-refractivity contribution < 1.29 is 0 Å². The topological polar surface area (TPSA) is 42.7 Å².